The molecule has 0 aliphatic heterocycles. The quantitative estimate of drug-likeness (QED) is 0.862. The summed E-state index contributed by atoms with van der Waals surface area (Å²) in [7, 11) is 0. The fourth-order valence-corrected chi connectivity index (χ4v) is 2.45. The monoisotopic (exact) mass is 231 g/mol. The molecule has 0 atom stereocenters. The number of rotatable bonds is 3. The average molecular weight is 231 g/mol. The summed E-state index contributed by atoms with van der Waals surface area (Å²) in [6, 6.07) is 6.39. The van der Waals surface area contributed by atoms with E-state index in [1.54, 1.807) is 0 Å². The van der Waals surface area contributed by atoms with E-state index >= 15 is 0 Å². The van der Waals surface area contributed by atoms with Crippen LogP contribution in [0.15, 0.2) is 22.6 Å². The van der Waals surface area contributed by atoms with Gasteiger partial charge in [0.2, 0.25) is 0 Å². The molecule has 92 valence electrons. The Morgan fingerprint density at radius 3 is 2.35 bits per heavy atom. The van der Waals surface area contributed by atoms with Crippen LogP contribution in [-0.2, 0) is 6.54 Å². The topological polar surface area (TPSA) is 39.2 Å². The van der Waals surface area contributed by atoms with E-state index in [4.69, 9.17) is 10.2 Å². The first-order chi connectivity index (χ1) is 8.06. The van der Waals surface area contributed by atoms with Crippen molar-refractivity contribution in [2.45, 2.75) is 46.1 Å². The molecular weight excluding hydrogens is 210 g/mol. The van der Waals surface area contributed by atoms with E-state index < -0.39 is 0 Å². The lowest BCUT2D eigenvalue weighted by molar-refractivity contribution is 0.537. The molecule has 2 nitrogen and oxygen atoms in total. The zero-order valence-electron chi connectivity index (χ0n) is 11.1. The van der Waals surface area contributed by atoms with Gasteiger partial charge in [0.05, 0.1) is 6.54 Å². The van der Waals surface area contributed by atoms with Crippen LogP contribution in [0.1, 0.15) is 56.4 Å². The van der Waals surface area contributed by atoms with Crippen LogP contribution in [0.25, 0.3) is 11.0 Å². The van der Waals surface area contributed by atoms with E-state index in [-0.39, 0.29) is 0 Å². The Morgan fingerprint density at radius 2 is 1.82 bits per heavy atom. The molecule has 0 saturated carbocycles. The lowest BCUT2D eigenvalue weighted by Gasteiger charge is -2.06. The van der Waals surface area contributed by atoms with E-state index in [0.717, 1.165) is 11.3 Å². The molecule has 0 saturated heterocycles. The Kier molecular flexibility index (Phi) is 3.25. The maximum Gasteiger partial charge on any atom is 0.138 e. The minimum atomic E-state index is 0.442. The van der Waals surface area contributed by atoms with Crippen LogP contribution in [-0.4, -0.2) is 0 Å². The molecule has 0 aliphatic carbocycles. The summed E-state index contributed by atoms with van der Waals surface area (Å²) in [5.41, 5.74) is 9.34. The predicted octanol–water partition coefficient (Wildman–Crippen LogP) is 4.14. The molecule has 0 radical (unpaired) electrons. The SMILES string of the molecule is CC(C)c1c(CN)oc2c(C(C)C)cccc12. The first kappa shape index (κ1) is 12.2. The van der Waals surface area contributed by atoms with Crippen LogP contribution in [0.3, 0.4) is 0 Å². The van der Waals surface area contributed by atoms with E-state index in [1.807, 2.05) is 0 Å². The van der Waals surface area contributed by atoms with Crippen molar-refractivity contribution in [3.8, 4) is 0 Å². The zero-order chi connectivity index (χ0) is 12.6. The van der Waals surface area contributed by atoms with E-state index in [2.05, 4.69) is 45.9 Å². The summed E-state index contributed by atoms with van der Waals surface area (Å²) in [6.07, 6.45) is 0. The largest absolute Gasteiger partial charge is 0.459 e. The molecule has 2 rings (SSSR count). The standard InChI is InChI=1S/C15H21NO/c1-9(2)11-6-5-7-12-14(10(3)4)13(8-16)17-15(11)12/h5-7,9-10H,8,16H2,1-4H3. The van der Waals surface area contributed by atoms with E-state index in [0.29, 0.717) is 18.4 Å². The van der Waals surface area contributed by atoms with Crippen molar-refractivity contribution in [2.24, 2.45) is 5.73 Å². The normalized spacial score (nSPS) is 11.9. The highest BCUT2D eigenvalue weighted by atomic mass is 16.3. The molecular formula is C15H21NO. The van der Waals surface area contributed by atoms with Gasteiger partial charge in [-0.15, -0.1) is 0 Å². The van der Waals surface area contributed by atoms with Crippen molar-refractivity contribution in [2.75, 3.05) is 0 Å². The highest BCUT2D eigenvalue weighted by Gasteiger charge is 2.18. The molecule has 2 heteroatoms. The minimum Gasteiger partial charge on any atom is -0.459 e. The van der Waals surface area contributed by atoms with Gasteiger partial charge in [0.15, 0.2) is 0 Å². The molecule has 0 unspecified atom stereocenters. The molecule has 1 aromatic carbocycles. The summed E-state index contributed by atoms with van der Waals surface area (Å²) in [6.45, 7) is 9.22. The molecule has 1 aromatic heterocycles. The molecule has 17 heavy (non-hydrogen) atoms. The van der Waals surface area contributed by atoms with Gasteiger partial charge in [0, 0.05) is 10.9 Å². The Hall–Kier alpha value is -1.28. The van der Waals surface area contributed by atoms with E-state index in [1.165, 1.54) is 16.5 Å². The van der Waals surface area contributed by atoms with Crippen LogP contribution < -0.4 is 5.73 Å². The number of para-hydroxylation sites is 1. The number of fused-ring (bicyclic) bond motifs is 1. The van der Waals surface area contributed by atoms with Gasteiger partial charge in [-0.3, -0.25) is 0 Å². The number of hydrogen-bond acceptors (Lipinski definition) is 2. The van der Waals surface area contributed by atoms with Crippen molar-refractivity contribution in [1.82, 2.24) is 0 Å². The van der Waals surface area contributed by atoms with Gasteiger partial charge in [-0.2, -0.15) is 0 Å². The second kappa shape index (κ2) is 4.53. The van der Waals surface area contributed by atoms with Gasteiger partial charge in [-0.25, -0.2) is 0 Å². The first-order valence-electron chi connectivity index (χ1n) is 6.30. The van der Waals surface area contributed by atoms with Crippen LogP contribution in [0.4, 0.5) is 0 Å². The molecule has 0 amide bonds. The highest BCUT2D eigenvalue weighted by molar-refractivity contribution is 5.86. The van der Waals surface area contributed by atoms with Crippen molar-refractivity contribution >= 4 is 11.0 Å². The molecule has 0 aliphatic rings. The third kappa shape index (κ3) is 1.98. The predicted molar refractivity (Wildman–Crippen MR) is 72.3 cm³/mol. The number of furan rings is 1. The molecule has 1 heterocycles. The molecule has 2 N–H and O–H groups in total. The Bertz CT molecular complexity index is 523. The van der Waals surface area contributed by atoms with Gasteiger partial charge in [-0.05, 0) is 17.4 Å². The summed E-state index contributed by atoms with van der Waals surface area (Å²) in [4.78, 5) is 0. The van der Waals surface area contributed by atoms with Gasteiger partial charge < -0.3 is 10.2 Å². The first-order valence-corrected chi connectivity index (χ1v) is 6.30. The molecule has 0 spiro atoms. The maximum atomic E-state index is 5.98. The number of hydrogen-bond donors (Lipinski definition) is 1. The molecule has 2 aromatic rings. The third-order valence-electron chi connectivity index (χ3n) is 3.25. The molecule has 0 bridgehead atoms. The van der Waals surface area contributed by atoms with Crippen LogP contribution in [0.5, 0.6) is 0 Å². The smallest absolute Gasteiger partial charge is 0.138 e. The number of benzene rings is 1. The zero-order valence-corrected chi connectivity index (χ0v) is 11.1. The Morgan fingerprint density at radius 1 is 1.12 bits per heavy atom. The van der Waals surface area contributed by atoms with Crippen LogP contribution in [0.2, 0.25) is 0 Å². The minimum absolute atomic E-state index is 0.442. The fraction of sp³-hybridized carbons (Fsp3) is 0.467. The van der Waals surface area contributed by atoms with Crippen molar-refractivity contribution in [3.05, 3.63) is 35.1 Å². The van der Waals surface area contributed by atoms with Crippen LogP contribution >= 0.6 is 0 Å². The summed E-state index contributed by atoms with van der Waals surface area (Å²) in [5.74, 6) is 1.84. The van der Waals surface area contributed by atoms with Crippen LogP contribution in [0, 0.1) is 0 Å². The van der Waals surface area contributed by atoms with Gasteiger partial charge in [0.1, 0.15) is 11.3 Å². The van der Waals surface area contributed by atoms with E-state index in [9.17, 15) is 0 Å². The van der Waals surface area contributed by atoms with Crippen molar-refractivity contribution in [1.29, 1.82) is 0 Å². The fourth-order valence-electron chi connectivity index (χ4n) is 2.45. The van der Waals surface area contributed by atoms with Gasteiger partial charge >= 0.3 is 0 Å². The Labute approximate surface area is 103 Å². The Balaban J connectivity index is 2.77. The summed E-state index contributed by atoms with van der Waals surface area (Å²) in [5, 5.41) is 1.23. The maximum absolute atomic E-state index is 5.98. The number of nitrogens with two attached hydrogens (primary N) is 1. The lowest BCUT2D eigenvalue weighted by Crippen LogP contribution is -1.99. The molecule has 0 fully saturated rings. The highest BCUT2D eigenvalue weighted by Crippen LogP contribution is 2.35. The van der Waals surface area contributed by atoms with Crippen molar-refractivity contribution < 1.29 is 4.42 Å². The van der Waals surface area contributed by atoms with Crippen molar-refractivity contribution in [3.63, 3.8) is 0 Å². The summed E-state index contributed by atoms with van der Waals surface area (Å²) >= 11 is 0. The second-order valence-corrected chi connectivity index (χ2v) is 5.18. The third-order valence-corrected chi connectivity index (χ3v) is 3.25. The second-order valence-electron chi connectivity index (χ2n) is 5.18. The summed E-state index contributed by atoms with van der Waals surface area (Å²) < 4.78 is 5.98. The van der Waals surface area contributed by atoms with Gasteiger partial charge in [0.25, 0.3) is 0 Å². The average Bonchev–Trinajstić information content (AvgIpc) is 2.66. The van der Waals surface area contributed by atoms with Gasteiger partial charge in [-0.1, -0.05) is 45.9 Å². The lowest BCUT2D eigenvalue weighted by atomic mass is 9.95.